The van der Waals surface area contributed by atoms with Crippen LogP contribution in [-0.4, -0.2) is 105 Å². The highest BCUT2D eigenvalue weighted by Gasteiger charge is 2.51. The molecule has 2 aliphatic heterocycles. The number of alkyl carbamates (subject to hydrolysis) is 2. The standard InChI is InChI=1S/C42H46F4N8O6/c1-21(2)32(51-39(57)59-5)37(55)53-19-41(43,44)16-30(53)35-47-18-29(49-35)24-9-7-23(8-10-24)25-11-13-27-26(15-25)12-14-28-34(27)50-36(48-28)31-17-42(45,46)20-54(31)38(56)33(22(3)4)52-40(58)60-6/h7-15,18,21-22,30-33H,16-17,19-20H2,1-6H3,(H,47,49)(H,48,50)(H,51,57)(H,52,58)/t30-,31-,32-,33-/m0/s1. The summed E-state index contributed by atoms with van der Waals surface area (Å²) in [6.45, 7) is 5.16. The van der Waals surface area contributed by atoms with Crippen LogP contribution in [-0.2, 0) is 19.1 Å². The number of rotatable bonds is 10. The number of nitrogens with zero attached hydrogens (tertiary/aromatic N) is 4. The predicted octanol–water partition coefficient (Wildman–Crippen LogP) is 7.35. The molecule has 0 saturated carbocycles. The zero-order valence-corrected chi connectivity index (χ0v) is 33.8. The third-order valence-corrected chi connectivity index (χ3v) is 11.1. The van der Waals surface area contributed by atoms with Crippen molar-refractivity contribution in [2.45, 2.75) is 76.5 Å². The van der Waals surface area contributed by atoms with E-state index in [2.05, 4.69) is 35.1 Å². The summed E-state index contributed by atoms with van der Waals surface area (Å²) in [5.41, 5.74) is 4.19. The van der Waals surface area contributed by atoms with Crippen LogP contribution in [0.15, 0.2) is 60.8 Å². The molecule has 0 spiro atoms. The summed E-state index contributed by atoms with van der Waals surface area (Å²) in [4.78, 5) is 68.6. The number of carbonyl (C=O) groups excluding carboxylic acids is 4. The second kappa shape index (κ2) is 16.1. The number of halogens is 4. The van der Waals surface area contributed by atoms with E-state index in [0.29, 0.717) is 16.7 Å². The molecule has 18 heteroatoms. The van der Waals surface area contributed by atoms with Gasteiger partial charge in [0.15, 0.2) is 0 Å². The van der Waals surface area contributed by atoms with Crippen molar-refractivity contribution in [3.63, 3.8) is 0 Å². The van der Waals surface area contributed by atoms with E-state index >= 15 is 0 Å². The zero-order valence-electron chi connectivity index (χ0n) is 33.8. The molecule has 7 rings (SSSR count). The van der Waals surface area contributed by atoms with Gasteiger partial charge in [-0.05, 0) is 46.0 Å². The summed E-state index contributed by atoms with van der Waals surface area (Å²) in [7, 11) is 2.31. The Kier molecular flexibility index (Phi) is 11.3. The Morgan fingerprint density at radius 2 is 1.23 bits per heavy atom. The van der Waals surface area contributed by atoms with Crippen molar-refractivity contribution in [3.8, 4) is 22.4 Å². The van der Waals surface area contributed by atoms with Gasteiger partial charge in [0.05, 0.1) is 62.3 Å². The number of hydrogen-bond acceptors (Lipinski definition) is 8. The van der Waals surface area contributed by atoms with Gasteiger partial charge in [-0.3, -0.25) is 9.59 Å². The topological polar surface area (TPSA) is 175 Å². The number of methoxy groups -OCH3 is 2. The van der Waals surface area contributed by atoms with Crippen molar-refractivity contribution in [3.05, 3.63) is 72.4 Å². The lowest BCUT2D eigenvalue weighted by molar-refractivity contribution is -0.137. The Morgan fingerprint density at radius 1 is 0.717 bits per heavy atom. The number of benzene rings is 3. The van der Waals surface area contributed by atoms with Gasteiger partial charge >= 0.3 is 12.2 Å². The first-order chi connectivity index (χ1) is 28.4. The second-order valence-corrected chi connectivity index (χ2v) is 16.1. The molecule has 0 aliphatic carbocycles. The fourth-order valence-corrected chi connectivity index (χ4v) is 8.00. The molecule has 60 heavy (non-hydrogen) atoms. The van der Waals surface area contributed by atoms with Gasteiger partial charge in [0, 0.05) is 18.2 Å². The molecule has 2 saturated heterocycles. The van der Waals surface area contributed by atoms with Gasteiger partial charge in [-0.1, -0.05) is 70.2 Å². The molecule has 2 aromatic heterocycles. The molecule has 0 bridgehead atoms. The highest BCUT2D eigenvalue weighted by molar-refractivity contribution is 6.05. The lowest BCUT2D eigenvalue weighted by atomic mass is 9.99. The van der Waals surface area contributed by atoms with Crippen LogP contribution in [0.5, 0.6) is 0 Å². The van der Waals surface area contributed by atoms with E-state index in [-0.39, 0.29) is 11.6 Å². The first kappa shape index (κ1) is 41.9. The molecule has 3 aromatic carbocycles. The monoisotopic (exact) mass is 834 g/mol. The van der Waals surface area contributed by atoms with Gasteiger partial charge in [-0.15, -0.1) is 0 Å². The molecule has 2 aliphatic rings. The average molecular weight is 835 g/mol. The van der Waals surface area contributed by atoms with Crippen molar-refractivity contribution in [2.24, 2.45) is 11.8 Å². The van der Waals surface area contributed by atoms with Crippen LogP contribution in [0.1, 0.15) is 64.3 Å². The summed E-state index contributed by atoms with van der Waals surface area (Å²) in [6, 6.07) is 12.7. The van der Waals surface area contributed by atoms with E-state index in [1.54, 1.807) is 33.8 Å². The van der Waals surface area contributed by atoms with Gasteiger partial charge < -0.3 is 39.9 Å². The Bertz CT molecular complexity index is 2430. The van der Waals surface area contributed by atoms with Crippen molar-refractivity contribution >= 4 is 45.8 Å². The maximum Gasteiger partial charge on any atom is 0.407 e. The Hall–Kier alpha value is -6.20. The van der Waals surface area contributed by atoms with Crippen LogP contribution < -0.4 is 10.6 Å². The molecule has 14 nitrogen and oxygen atoms in total. The molecule has 0 unspecified atom stereocenters. The normalized spacial score (nSPS) is 19.5. The number of nitrogens with one attached hydrogen (secondary N) is 4. The molecule has 4 atom stereocenters. The predicted molar refractivity (Wildman–Crippen MR) is 213 cm³/mol. The third-order valence-electron chi connectivity index (χ3n) is 11.1. The van der Waals surface area contributed by atoms with E-state index in [0.717, 1.165) is 51.5 Å². The number of carbonyl (C=O) groups is 4. The SMILES string of the molecule is COC(=O)N[C@H](C(=O)N1CC(F)(F)C[C@H]1c1ncc(-c2ccc(-c3ccc4c(ccc5[nH]c([C@@H]6CC(F)(F)CN6C(=O)[C@@H](NC(=O)OC)C(C)C)nc54)c3)cc2)[nH]1)C(C)C. The number of imidazole rings is 2. The van der Waals surface area contributed by atoms with Gasteiger partial charge in [0.25, 0.3) is 11.8 Å². The minimum Gasteiger partial charge on any atom is -0.453 e. The lowest BCUT2D eigenvalue weighted by Gasteiger charge is -2.29. The van der Waals surface area contributed by atoms with Crippen molar-refractivity contribution in [1.29, 1.82) is 0 Å². The van der Waals surface area contributed by atoms with Crippen molar-refractivity contribution < 1.29 is 46.2 Å². The van der Waals surface area contributed by atoms with E-state index < -0.39 is 97.8 Å². The van der Waals surface area contributed by atoms with Gasteiger partial charge in [-0.2, -0.15) is 0 Å². The smallest absolute Gasteiger partial charge is 0.407 e. The molecular weight excluding hydrogens is 789 g/mol. The number of fused-ring (bicyclic) bond motifs is 3. The minimum atomic E-state index is -3.17. The van der Waals surface area contributed by atoms with Gasteiger partial charge in [0.1, 0.15) is 23.7 Å². The lowest BCUT2D eigenvalue weighted by Crippen LogP contribution is -2.51. The fourth-order valence-electron chi connectivity index (χ4n) is 8.00. The summed E-state index contributed by atoms with van der Waals surface area (Å²) in [5, 5.41) is 6.53. The van der Waals surface area contributed by atoms with E-state index in [4.69, 9.17) is 4.98 Å². The highest BCUT2D eigenvalue weighted by atomic mass is 19.3. The molecule has 4 N–H and O–H groups in total. The van der Waals surface area contributed by atoms with Crippen LogP contribution in [0, 0.1) is 11.8 Å². The Labute approximate surface area is 342 Å². The van der Waals surface area contributed by atoms with E-state index in [1.165, 1.54) is 6.20 Å². The Balaban J connectivity index is 1.11. The zero-order chi connectivity index (χ0) is 43.3. The summed E-state index contributed by atoms with van der Waals surface area (Å²) in [5.74, 6) is -8.04. The second-order valence-electron chi connectivity index (χ2n) is 16.1. The number of H-pyrrole nitrogens is 2. The first-order valence-electron chi connectivity index (χ1n) is 19.5. The number of likely N-dealkylation sites (tertiary alicyclic amines) is 2. The van der Waals surface area contributed by atoms with Crippen LogP contribution >= 0.6 is 0 Å². The Morgan fingerprint density at radius 3 is 1.77 bits per heavy atom. The summed E-state index contributed by atoms with van der Waals surface area (Å²) >= 11 is 0. The number of hydrogen-bond donors (Lipinski definition) is 4. The van der Waals surface area contributed by atoms with Crippen LogP contribution in [0.4, 0.5) is 27.2 Å². The minimum absolute atomic E-state index is 0.193. The number of alkyl halides is 4. The number of aromatic amines is 2. The number of amides is 4. The molecular formula is C42H46F4N8O6. The average Bonchev–Trinajstić information content (AvgIpc) is 4.01. The number of ether oxygens (including phenoxy) is 2. The van der Waals surface area contributed by atoms with Crippen LogP contribution in [0.3, 0.4) is 0 Å². The quantitative estimate of drug-likeness (QED) is 0.106. The largest absolute Gasteiger partial charge is 0.453 e. The van der Waals surface area contributed by atoms with Crippen LogP contribution in [0.2, 0.25) is 0 Å². The maximum absolute atomic E-state index is 14.9. The van der Waals surface area contributed by atoms with Crippen molar-refractivity contribution in [2.75, 3.05) is 27.3 Å². The molecule has 4 amide bonds. The van der Waals surface area contributed by atoms with Crippen molar-refractivity contribution in [1.82, 2.24) is 40.4 Å². The van der Waals surface area contributed by atoms with Gasteiger partial charge in [-0.25, -0.2) is 37.1 Å². The molecule has 2 fully saturated rings. The molecule has 318 valence electrons. The van der Waals surface area contributed by atoms with Crippen LogP contribution in [0.25, 0.3) is 44.2 Å². The third kappa shape index (κ3) is 8.31. The summed E-state index contributed by atoms with van der Waals surface area (Å²) < 4.78 is 68.8. The number of aromatic nitrogens is 4. The fraction of sp³-hybridized carbons (Fsp3) is 0.429. The van der Waals surface area contributed by atoms with E-state index in [9.17, 15) is 36.7 Å². The molecule has 4 heterocycles. The van der Waals surface area contributed by atoms with Gasteiger partial charge in [0.2, 0.25) is 11.8 Å². The molecule has 5 aromatic rings. The molecule has 0 radical (unpaired) electrons. The maximum atomic E-state index is 14.9. The first-order valence-corrected chi connectivity index (χ1v) is 19.5. The summed E-state index contributed by atoms with van der Waals surface area (Å²) in [6.07, 6.45) is -1.42. The van der Waals surface area contributed by atoms with E-state index in [1.807, 2.05) is 48.5 Å². The highest BCUT2D eigenvalue weighted by Crippen LogP contribution is 2.43.